The second-order valence-electron chi connectivity index (χ2n) is 31.7. The maximum Gasteiger partial charge on any atom is 0.169 e. The molecular formula is C112H98BrClO12S8. The lowest BCUT2D eigenvalue weighted by molar-refractivity contribution is 0.101. The highest BCUT2D eigenvalue weighted by Crippen LogP contribution is 2.45. The van der Waals surface area contributed by atoms with Gasteiger partial charge in [0.25, 0.3) is 0 Å². The molecule has 0 bridgehead atoms. The van der Waals surface area contributed by atoms with Gasteiger partial charge in [0.1, 0.15) is 26.4 Å². The van der Waals surface area contributed by atoms with Crippen molar-refractivity contribution < 1.29 is 57.3 Å². The average molecular weight is 2010 g/mol. The fourth-order valence-corrected chi connectivity index (χ4v) is 23.0. The largest absolute Gasteiger partial charge is 0.486 e. The molecule has 0 saturated heterocycles. The van der Waals surface area contributed by atoms with E-state index in [4.69, 9.17) is 30.5 Å². The zero-order valence-electron chi connectivity index (χ0n) is 76.4. The van der Waals surface area contributed by atoms with Crippen LogP contribution in [0.15, 0.2) is 277 Å². The van der Waals surface area contributed by atoms with Gasteiger partial charge >= 0.3 is 0 Å². The maximum atomic E-state index is 11.4. The molecule has 2 aliphatic heterocycles. The number of benzene rings is 9. The topological polar surface area (TPSA) is 173 Å². The van der Waals surface area contributed by atoms with E-state index in [-0.39, 0.29) is 46.3 Å². The summed E-state index contributed by atoms with van der Waals surface area (Å²) in [4.78, 5) is 106. The lowest BCUT2D eigenvalue weighted by Gasteiger charge is -2.20. The number of hydrogen-bond acceptors (Lipinski definition) is 20. The lowest BCUT2D eigenvalue weighted by atomic mass is 9.91. The minimum Gasteiger partial charge on any atom is -0.486 e. The van der Waals surface area contributed by atoms with Crippen LogP contribution in [-0.2, 0) is 19.3 Å². The molecular weight excluding hydrogens is 1910 g/mol. The molecule has 0 amide bonds. The second-order valence-corrected chi connectivity index (χ2v) is 41.6. The summed E-state index contributed by atoms with van der Waals surface area (Å²) in [5.41, 5.74) is 18.4. The summed E-state index contributed by atoms with van der Waals surface area (Å²) in [6, 6.07) is 90.7. The molecule has 10 heterocycles. The Balaban J connectivity index is 0.000000130. The fourth-order valence-electron chi connectivity index (χ4n) is 14.7. The smallest absolute Gasteiger partial charge is 0.169 e. The first-order valence-corrected chi connectivity index (χ1v) is 51.1. The SMILES string of the molecule is CC(=O)c1cc2c(s1)-c1ccccc1CC2.CC(=O)c1ccc(-c2c(C)ccc(Br)c2C)s1.CC(=O)c1ccc(-c2ccc(C)cc2)s1.CC(=O)c1ccc(-c2ccc(Cl)cc2)s1.CC(=O)c1ccc(-c2ccc3c(c2)OCCO3)s1.CC(=O)c1ccc(-c2ccc3ccccc3c2)s1.CC(=O)c1ccc(-c2cccc3c2OCCO3)s1.CCc1cccc(C)c1-c1ccc(C(C)=O)s1. The first-order valence-electron chi connectivity index (χ1n) is 43.4. The molecule has 134 heavy (non-hydrogen) atoms. The van der Waals surface area contributed by atoms with E-state index in [0.29, 0.717) is 26.4 Å². The van der Waals surface area contributed by atoms with Crippen molar-refractivity contribution in [2.45, 2.75) is 109 Å². The van der Waals surface area contributed by atoms with Crippen LogP contribution in [0.2, 0.25) is 5.02 Å². The molecule has 12 nitrogen and oxygen atoms in total. The number of hydrogen-bond donors (Lipinski definition) is 0. The number of fused-ring (bicyclic) bond motifs is 6. The van der Waals surface area contributed by atoms with Crippen molar-refractivity contribution in [1.82, 2.24) is 0 Å². The number of rotatable bonds is 16. The van der Waals surface area contributed by atoms with Gasteiger partial charge in [-0.2, -0.15) is 0 Å². The van der Waals surface area contributed by atoms with Crippen molar-refractivity contribution in [3.8, 4) is 107 Å². The van der Waals surface area contributed by atoms with Gasteiger partial charge in [-0.15, -0.1) is 90.7 Å². The van der Waals surface area contributed by atoms with E-state index in [1.807, 2.05) is 152 Å². The Morgan fingerprint density at radius 1 is 0.313 bits per heavy atom. The molecule has 0 fully saturated rings. The van der Waals surface area contributed by atoms with Crippen LogP contribution in [0.3, 0.4) is 0 Å². The van der Waals surface area contributed by atoms with Gasteiger partial charge < -0.3 is 18.9 Å². The van der Waals surface area contributed by atoms with Crippen LogP contribution in [0.1, 0.15) is 179 Å². The number of halogens is 2. The van der Waals surface area contributed by atoms with Gasteiger partial charge in [0.15, 0.2) is 69.3 Å². The van der Waals surface area contributed by atoms with E-state index in [9.17, 15) is 38.4 Å². The van der Waals surface area contributed by atoms with Gasteiger partial charge in [-0.1, -0.05) is 167 Å². The third-order valence-corrected chi connectivity index (χ3v) is 32.7. The number of ether oxygens (including phenoxy) is 4. The zero-order valence-corrected chi connectivity index (χ0v) is 85.2. The van der Waals surface area contributed by atoms with Gasteiger partial charge in [0.05, 0.1) is 39.0 Å². The van der Waals surface area contributed by atoms with Crippen molar-refractivity contribution in [3.05, 3.63) is 360 Å². The Morgan fingerprint density at radius 3 is 1.25 bits per heavy atom. The fraction of sp³-hybridized carbons (Fsp3) is 0.179. The first kappa shape index (κ1) is 99.6. The highest BCUT2D eigenvalue weighted by atomic mass is 79.9. The number of aryl methyl sites for hydroxylation is 6. The van der Waals surface area contributed by atoms with Crippen LogP contribution in [0.25, 0.3) is 94.3 Å². The van der Waals surface area contributed by atoms with E-state index in [0.717, 1.165) is 137 Å². The molecule has 22 heteroatoms. The Bertz CT molecular complexity index is 7020. The van der Waals surface area contributed by atoms with Crippen molar-refractivity contribution >= 4 is 175 Å². The van der Waals surface area contributed by atoms with Gasteiger partial charge in [0.2, 0.25) is 0 Å². The molecule has 0 spiro atoms. The molecule has 17 aromatic rings. The molecule has 0 N–H and O–H groups in total. The van der Waals surface area contributed by atoms with E-state index >= 15 is 0 Å². The molecule has 8 aromatic heterocycles. The van der Waals surface area contributed by atoms with Crippen molar-refractivity contribution in [2.24, 2.45) is 0 Å². The van der Waals surface area contributed by atoms with E-state index in [1.165, 1.54) is 121 Å². The Kier molecular flexibility index (Phi) is 34.9. The van der Waals surface area contributed by atoms with Crippen LogP contribution in [0.5, 0.6) is 23.0 Å². The molecule has 20 rings (SSSR count). The second kappa shape index (κ2) is 46.9. The van der Waals surface area contributed by atoms with Crippen LogP contribution in [0.4, 0.5) is 0 Å². The summed E-state index contributed by atoms with van der Waals surface area (Å²) >= 11 is 21.7. The number of para-hydroxylation sites is 1. The van der Waals surface area contributed by atoms with E-state index in [1.54, 1.807) is 112 Å². The van der Waals surface area contributed by atoms with Crippen LogP contribution >= 0.6 is 118 Å². The zero-order chi connectivity index (χ0) is 95.4. The van der Waals surface area contributed by atoms with E-state index < -0.39 is 0 Å². The Hall–Kier alpha value is -11.8. The Labute approximate surface area is 827 Å². The molecule has 3 aliphatic rings. The highest BCUT2D eigenvalue weighted by molar-refractivity contribution is 9.10. The first-order chi connectivity index (χ1) is 64.4. The van der Waals surface area contributed by atoms with E-state index in [2.05, 4.69) is 172 Å². The van der Waals surface area contributed by atoms with Gasteiger partial charge in [-0.25, -0.2) is 0 Å². The predicted octanol–water partition coefficient (Wildman–Crippen LogP) is 32.9. The standard InChI is InChI=1S/C16H12OS.C15H16OS.C14H13BrOS.2C14H12O3S.C14H12OS.C13H12OS.C12H9ClOS/c1-11(17)15-8-9-16(18-15)14-7-6-12-4-2-3-5-13(12)10-14;1-4-12-7-5-6-10(2)15(12)14-9-8-13(17-14)11(3)16;1-8-4-5-11(15)9(2)14(8)13-7-6-12(17-13)10(3)16;1-9(15)13-4-5-14(18-13)10-2-3-11-12(8-10)17-7-6-16-11;1-9(15)12-5-6-13(18-12)10-3-2-4-11-14(10)17-8-7-16-11;1-9(15)13-8-11-7-6-10-4-2-3-5-12(10)14(11)16-13;1-9-3-5-11(6-4-9)13-8-7-12(15-13)10(2)14;1-8(14)11-6-7-12(15-11)9-2-4-10(13)5-3-9/h2-10H,1H3;5-9H,4H2,1-3H3;4-7H,1-3H3;2-5,8H,6-7H2,1H3;2-6H,7-8H2,1H3;2-5,8H,6-7H2,1H3;3-8H,1-2H3;2-7H,1H3. The molecule has 0 saturated carbocycles. The van der Waals surface area contributed by atoms with Gasteiger partial charge in [0, 0.05) is 54.1 Å². The summed E-state index contributed by atoms with van der Waals surface area (Å²) in [5.74, 6) is 4.14. The van der Waals surface area contributed by atoms with Crippen LogP contribution < -0.4 is 18.9 Å². The maximum absolute atomic E-state index is 11.4. The number of carbonyl (C=O) groups excluding carboxylic acids is 8. The summed E-state index contributed by atoms with van der Waals surface area (Å²) in [6.07, 6.45) is 3.18. The molecule has 9 aromatic carbocycles. The number of ketones is 8. The molecule has 0 atom stereocenters. The molecule has 1 aliphatic carbocycles. The normalized spacial score (nSPS) is 11.6. The summed E-state index contributed by atoms with van der Waals surface area (Å²) in [6.45, 7) is 25.7. The summed E-state index contributed by atoms with van der Waals surface area (Å²) in [5, 5.41) is 3.19. The third-order valence-electron chi connectivity index (χ3n) is 21.7. The molecule has 0 unspecified atom stereocenters. The minimum atomic E-state index is 0.0909. The van der Waals surface area contributed by atoms with Crippen molar-refractivity contribution in [3.63, 3.8) is 0 Å². The third kappa shape index (κ3) is 25.8. The monoisotopic (exact) mass is 2000 g/mol. The van der Waals surface area contributed by atoms with Crippen molar-refractivity contribution in [2.75, 3.05) is 26.4 Å². The number of carbonyl (C=O) groups is 8. The van der Waals surface area contributed by atoms with Crippen LogP contribution in [-0.4, -0.2) is 72.7 Å². The summed E-state index contributed by atoms with van der Waals surface area (Å²) < 4.78 is 23.4. The number of Topliss-reactive ketones (excluding diaryl/α,β-unsaturated/α-hetero) is 8. The lowest BCUT2D eigenvalue weighted by Crippen LogP contribution is -2.15. The quantitative estimate of drug-likeness (QED) is 0.0839. The average Bonchev–Trinajstić information content (AvgIpc) is 1.62. The van der Waals surface area contributed by atoms with Gasteiger partial charge in [-0.05, 0) is 331 Å². The molecule has 680 valence electrons. The van der Waals surface area contributed by atoms with Gasteiger partial charge in [-0.3, -0.25) is 38.4 Å². The van der Waals surface area contributed by atoms with Crippen LogP contribution in [0, 0.1) is 27.7 Å². The number of thiophene rings is 8. The predicted molar refractivity (Wildman–Crippen MR) is 566 cm³/mol. The Morgan fingerprint density at radius 2 is 0.716 bits per heavy atom. The summed E-state index contributed by atoms with van der Waals surface area (Å²) in [7, 11) is 0. The minimum absolute atomic E-state index is 0.0909. The molecule has 0 radical (unpaired) electrons. The van der Waals surface area contributed by atoms with Crippen molar-refractivity contribution in [1.29, 1.82) is 0 Å². The highest BCUT2D eigenvalue weighted by Gasteiger charge is 2.23.